The Morgan fingerprint density at radius 1 is 1.35 bits per heavy atom. The van der Waals surface area contributed by atoms with E-state index in [1.54, 1.807) is 18.5 Å². The van der Waals surface area contributed by atoms with Crippen LogP contribution in [0.5, 0.6) is 0 Å². The quantitative estimate of drug-likeness (QED) is 0.831. The van der Waals surface area contributed by atoms with Crippen molar-refractivity contribution in [2.75, 3.05) is 0 Å². The van der Waals surface area contributed by atoms with Gasteiger partial charge in [-0.3, -0.25) is 9.48 Å². The number of carbonyl (C=O) groups excluding carboxylic acids is 1. The number of amides is 1. The molecule has 20 heavy (non-hydrogen) atoms. The maximum Gasteiger partial charge on any atom is 0.326 e. The predicted molar refractivity (Wildman–Crippen MR) is 75.5 cm³/mol. The van der Waals surface area contributed by atoms with Crippen molar-refractivity contribution in [3.05, 3.63) is 17.5 Å². The summed E-state index contributed by atoms with van der Waals surface area (Å²) >= 11 is 0. The molecule has 112 valence electrons. The third kappa shape index (κ3) is 3.82. The third-order valence-corrected chi connectivity index (χ3v) is 3.11. The molecule has 2 N–H and O–H groups in total. The number of carboxylic acid groups (broad SMARTS) is 1. The van der Waals surface area contributed by atoms with Crippen molar-refractivity contribution < 1.29 is 14.7 Å². The SMILES string of the molecule is Cc1c(C(=O)N[C@@H](C(=O)O)C(C)C)cnn1CC(C)C. The smallest absolute Gasteiger partial charge is 0.326 e. The van der Waals surface area contributed by atoms with Gasteiger partial charge >= 0.3 is 5.97 Å². The Labute approximate surface area is 119 Å². The van der Waals surface area contributed by atoms with Crippen molar-refractivity contribution >= 4 is 11.9 Å². The number of aliphatic carboxylic acids is 1. The molecule has 0 fully saturated rings. The van der Waals surface area contributed by atoms with Gasteiger partial charge in [0.1, 0.15) is 6.04 Å². The molecule has 0 saturated carbocycles. The summed E-state index contributed by atoms with van der Waals surface area (Å²) < 4.78 is 1.77. The summed E-state index contributed by atoms with van der Waals surface area (Å²) in [5.74, 6) is -1.17. The van der Waals surface area contributed by atoms with Gasteiger partial charge in [-0.15, -0.1) is 0 Å². The Balaban J connectivity index is 2.87. The van der Waals surface area contributed by atoms with Gasteiger partial charge in [0.25, 0.3) is 5.91 Å². The van der Waals surface area contributed by atoms with Crippen LogP contribution in [-0.4, -0.2) is 32.8 Å². The Kier molecular flexibility index (Phi) is 5.30. The minimum Gasteiger partial charge on any atom is -0.480 e. The first-order valence-corrected chi connectivity index (χ1v) is 6.80. The summed E-state index contributed by atoms with van der Waals surface area (Å²) in [6, 6.07) is -0.893. The molecule has 0 aliphatic heterocycles. The Hall–Kier alpha value is -1.85. The van der Waals surface area contributed by atoms with Crippen molar-refractivity contribution in [1.29, 1.82) is 0 Å². The normalized spacial score (nSPS) is 12.8. The first kappa shape index (κ1) is 16.2. The van der Waals surface area contributed by atoms with E-state index in [-0.39, 0.29) is 5.92 Å². The van der Waals surface area contributed by atoms with Crippen LogP contribution in [0.15, 0.2) is 6.20 Å². The van der Waals surface area contributed by atoms with Gasteiger partial charge in [0.15, 0.2) is 0 Å². The number of aromatic nitrogens is 2. The highest BCUT2D eigenvalue weighted by atomic mass is 16.4. The van der Waals surface area contributed by atoms with Crippen LogP contribution in [0.1, 0.15) is 43.7 Å². The molecule has 1 atom stereocenters. The molecule has 0 aliphatic carbocycles. The van der Waals surface area contributed by atoms with Crippen LogP contribution in [0.4, 0.5) is 0 Å². The molecule has 1 rings (SSSR count). The van der Waals surface area contributed by atoms with Crippen molar-refractivity contribution in [3.8, 4) is 0 Å². The summed E-state index contributed by atoms with van der Waals surface area (Å²) in [5.41, 5.74) is 1.18. The molecule has 6 nitrogen and oxygen atoms in total. The van der Waals surface area contributed by atoms with E-state index in [9.17, 15) is 9.59 Å². The van der Waals surface area contributed by atoms with Gasteiger partial charge in [0.2, 0.25) is 0 Å². The lowest BCUT2D eigenvalue weighted by atomic mass is 10.0. The summed E-state index contributed by atoms with van der Waals surface area (Å²) in [4.78, 5) is 23.3. The lowest BCUT2D eigenvalue weighted by molar-refractivity contribution is -0.140. The van der Waals surface area contributed by atoms with Crippen LogP contribution in [0.2, 0.25) is 0 Å². The van der Waals surface area contributed by atoms with Gasteiger partial charge in [0, 0.05) is 12.2 Å². The molecule has 6 heteroatoms. The zero-order valence-electron chi connectivity index (χ0n) is 12.7. The van der Waals surface area contributed by atoms with Gasteiger partial charge in [-0.1, -0.05) is 27.7 Å². The van der Waals surface area contributed by atoms with E-state index in [1.165, 1.54) is 6.20 Å². The van der Waals surface area contributed by atoms with Crippen LogP contribution in [0, 0.1) is 18.8 Å². The molecule has 0 spiro atoms. The molecule has 0 bridgehead atoms. The fourth-order valence-electron chi connectivity index (χ4n) is 1.93. The molecule has 0 aliphatic rings. The molecule has 1 aromatic heterocycles. The van der Waals surface area contributed by atoms with Crippen LogP contribution in [0.25, 0.3) is 0 Å². The van der Waals surface area contributed by atoms with E-state index >= 15 is 0 Å². The number of hydrogen-bond donors (Lipinski definition) is 2. The number of nitrogens with one attached hydrogen (secondary N) is 1. The maximum atomic E-state index is 12.2. The summed E-state index contributed by atoms with van der Waals surface area (Å²) in [5, 5.41) is 15.8. The molecule has 0 aromatic carbocycles. The number of carbonyl (C=O) groups is 2. The van der Waals surface area contributed by atoms with E-state index < -0.39 is 17.9 Å². The van der Waals surface area contributed by atoms with E-state index in [1.807, 2.05) is 6.92 Å². The molecular formula is C14H23N3O3. The minimum atomic E-state index is -1.03. The van der Waals surface area contributed by atoms with E-state index in [2.05, 4.69) is 24.3 Å². The van der Waals surface area contributed by atoms with Gasteiger partial charge in [-0.25, -0.2) is 4.79 Å². The summed E-state index contributed by atoms with van der Waals surface area (Å²) in [7, 11) is 0. The van der Waals surface area contributed by atoms with Crippen molar-refractivity contribution in [2.24, 2.45) is 11.8 Å². The average Bonchev–Trinajstić information content (AvgIpc) is 2.66. The van der Waals surface area contributed by atoms with Gasteiger partial charge in [-0.2, -0.15) is 5.10 Å². The summed E-state index contributed by atoms with van der Waals surface area (Å²) in [6.45, 7) is 10.2. The van der Waals surface area contributed by atoms with E-state index in [0.717, 1.165) is 12.2 Å². The second kappa shape index (κ2) is 6.54. The number of rotatable bonds is 6. The third-order valence-electron chi connectivity index (χ3n) is 3.11. The largest absolute Gasteiger partial charge is 0.480 e. The maximum absolute atomic E-state index is 12.2. The Morgan fingerprint density at radius 3 is 2.40 bits per heavy atom. The fraction of sp³-hybridized carbons (Fsp3) is 0.643. The van der Waals surface area contributed by atoms with Gasteiger partial charge < -0.3 is 10.4 Å². The highest BCUT2D eigenvalue weighted by Crippen LogP contribution is 2.11. The predicted octanol–water partition coefficient (Wildman–Crippen LogP) is 1.69. The molecule has 1 aromatic rings. The van der Waals surface area contributed by atoms with Gasteiger partial charge in [-0.05, 0) is 18.8 Å². The van der Waals surface area contributed by atoms with Crippen molar-refractivity contribution in [3.63, 3.8) is 0 Å². The molecule has 1 amide bonds. The molecule has 0 saturated heterocycles. The number of nitrogens with zero attached hydrogens (tertiary/aromatic N) is 2. The number of carboxylic acids is 1. The lowest BCUT2D eigenvalue weighted by Crippen LogP contribution is -2.44. The molecule has 1 heterocycles. The van der Waals surface area contributed by atoms with Crippen LogP contribution in [0.3, 0.4) is 0 Å². The zero-order valence-corrected chi connectivity index (χ0v) is 12.7. The van der Waals surface area contributed by atoms with Crippen molar-refractivity contribution in [2.45, 2.75) is 47.2 Å². The standard InChI is InChI=1S/C14H23N3O3/c1-8(2)7-17-10(5)11(6-15-17)13(18)16-12(9(3)4)14(19)20/h6,8-9,12H,7H2,1-5H3,(H,16,18)(H,19,20)/t12-/m1/s1. The van der Waals surface area contributed by atoms with E-state index in [4.69, 9.17) is 5.11 Å². The van der Waals surface area contributed by atoms with Crippen LogP contribution < -0.4 is 5.32 Å². The Morgan fingerprint density at radius 2 is 1.95 bits per heavy atom. The minimum absolute atomic E-state index is 0.178. The lowest BCUT2D eigenvalue weighted by Gasteiger charge is -2.17. The highest BCUT2D eigenvalue weighted by molar-refractivity contribution is 5.97. The first-order valence-electron chi connectivity index (χ1n) is 6.80. The Bertz CT molecular complexity index is 492. The average molecular weight is 281 g/mol. The molecular weight excluding hydrogens is 258 g/mol. The van der Waals surface area contributed by atoms with Gasteiger partial charge in [0.05, 0.1) is 11.8 Å². The summed E-state index contributed by atoms with van der Waals surface area (Å²) in [6.07, 6.45) is 1.49. The zero-order chi connectivity index (χ0) is 15.4. The molecule has 0 radical (unpaired) electrons. The van der Waals surface area contributed by atoms with Crippen LogP contribution >= 0.6 is 0 Å². The monoisotopic (exact) mass is 281 g/mol. The molecule has 0 unspecified atom stereocenters. The second-order valence-electron chi connectivity index (χ2n) is 5.75. The van der Waals surface area contributed by atoms with Crippen molar-refractivity contribution in [1.82, 2.24) is 15.1 Å². The van der Waals surface area contributed by atoms with E-state index in [0.29, 0.717) is 11.5 Å². The highest BCUT2D eigenvalue weighted by Gasteiger charge is 2.25. The first-order chi connectivity index (χ1) is 9.23. The fourth-order valence-corrected chi connectivity index (χ4v) is 1.93. The van der Waals surface area contributed by atoms with Crippen LogP contribution in [-0.2, 0) is 11.3 Å². The topological polar surface area (TPSA) is 84.2 Å². The second-order valence-corrected chi connectivity index (χ2v) is 5.75. The number of hydrogen-bond acceptors (Lipinski definition) is 3.